The Morgan fingerprint density at radius 2 is 2.08 bits per heavy atom. The van der Waals surface area contributed by atoms with E-state index in [1.807, 2.05) is 37.3 Å². The van der Waals surface area contributed by atoms with Crippen molar-refractivity contribution in [3.05, 3.63) is 65.3 Å². The number of para-hydroxylation sites is 1. The molecule has 1 fully saturated rings. The van der Waals surface area contributed by atoms with E-state index in [2.05, 4.69) is 20.6 Å². The molecule has 2 amide bonds. The number of anilines is 3. The van der Waals surface area contributed by atoms with Gasteiger partial charge in [-0.3, -0.25) is 10.2 Å². The number of nitrogens with two attached hydrogens (primary N) is 1. The van der Waals surface area contributed by atoms with E-state index in [1.54, 1.807) is 29.4 Å². The third-order valence-electron chi connectivity index (χ3n) is 6.28. The number of hydrogen-bond acceptors (Lipinski definition) is 9. The van der Waals surface area contributed by atoms with Crippen LogP contribution in [-0.4, -0.2) is 46.4 Å². The van der Waals surface area contributed by atoms with Crippen LogP contribution in [0, 0.1) is 6.92 Å². The highest BCUT2D eigenvalue weighted by Crippen LogP contribution is 2.47. The molecule has 0 aliphatic carbocycles. The summed E-state index contributed by atoms with van der Waals surface area (Å²) in [5.41, 5.74) is 8.70. The van der Waals surface area contributed by atoms with Gasteiger partial charge in [-0.25, -0.2) is 14.8 Å². The predicted molar refractivity (Wildman–Crippen MR) is 137 cm³/mol. The summed E-state index contributed by atoms with van der Waals surface area (Å²) >= 11 is 1.32. The fourth-order valence-electron chi connectivity index (χ4n) is 4.48. The first-order valence-electron chi connectivity index (χ1n) is 11.5. The number of rotatable bonds is 6. The Labute approximate surface area is 210 Å². The highest BCUT2D eigenvalue weighted by atomic mass is 32.1. The number of hydrogen-bond donors (Lipinski definition) is 4. The van der Waals surface area contributed by atoms with E-state index in [0.29, 0.717) is 51.6 Å². The second-order valence-electron chi connectivity index (χ2n) is 8.72. The largest absolute Gasteiger partial charge is 0.439 e. The minimum Gasteiger partial charge on any atom is -0.439 e. The lowest BCUT2D eigenvalue weighted by Crippen LogP contribution is -2.45. The van der Waals surface area contributed by atoms with Gasteiger partial charge in [0.25, 0.3) is 0 Å². The predicted octanol–water partition coefficient (Wildman–Crippen LogP) is 3.78. The molecule has 3 atom stereocenters. The molecule has 5 heterocycles. The first-order chi connectivity index (χ1) is 17.5. The molecule has 5 N–H and O–H groups in total. The van der Waals surface area contributed by atoms with Crippen molar-refractivity contribution in [2.75, 3.05) is 23.4 Å². The zero-order valence-corrected chi connectivity index (χ0v) is 20.2. The number of benzene rings is 1. The van der Waals surface area contributed by atoms with Crippen LogP contribution in [0.4, 0.5) is 21.9 Å². The van der Waals surface area contributed by atoms with E-state index < -0.39 is 6.23 Å². The van der Waals surface area contributed by atoms with Gasteiger partial charge in [0.1, 0.15) is 16.8 Å². The second kappa shape index (κ2) is 9.12. The molecule has 0 spiro atoms. The quantitative estimate of drug-likeness (QED) is 0.292. The van der Waals surface area contributed by atoms with Crippen molar-refractivity contribution in [3.63, 3.8) is 0 Å². The summed E-state index contributed by atoms with van der Waals surface area (Å²) in [6, 6.07) is 12.2. The first kappa shape index (κ1) is 22.8. The summed E-state index contributed by atoms with van der Waals surface area (Å²) < 4.78 is 11.2. The molecule has 1 aromatic carbocycles. The molecule has 10 nitrogen and oxygen atoms in total. The van der Waals surface area contributed by atoms with E-state index >= 15 is 0 Å². The van der Waals surface area contributed by atoms with Crippen molar-refractivity contribution in [1.82, 2.24) is 15.3 Å². The Morgan fingerprint density at radius 3 is 2.83 bits per heavy atom. The summed E-state index contributed by atoms with van der Waals surface area (Å²) in [6.07, 6.45) is 2.24. The summed E-state index contributed by atoms with van der Waals surface area (Å²) in [7, 11) is 0. The number of thiophene rings is 1. The normalized spacial score (nSPS) is 20.0. The fraction of sp³-hybridized carbons (Fsp3) is 0.240. The van der Waals surface area contributed by atoms with Crippen LogP contribution in [0.5, 0.6) is 11.6 Å². The standard InChI is InChI=1S/C25H24N6O4S/c1-13-9-19(35-14-5-3-2-4-6-14)28-10-18(13)31-17-7-8-27-24-20(17)21(30-25(31)33)22(36-24)23(32)29-16-12-34-11-15(16)26/h2-10,15-16,23,29,32H,11-12,26H2,1H3,(H,30,33)/t15-,16+,23?/m0/s1. The van der Waals surface area contributed by atoms with Gasteiger partial charge in [0, 0.05) is 18.3 Å². The average molecular weight is 505 g/mol. The van der Waals surface area contributed by atoms with Gasteiger partial charge in [-0.05, 0) is 30.7 Å². The number of aromatic nitrogens is 2. The minimum atomic E-state index is -1.03. The van der Waals surface area contributed by atoms with Gasteiger partial charge in [-0.2, -0.15) is 0 Å². The van der Waals surface area contributed by atoms with Gasteiger partial charge in [0.15, 0.2) is 0 Å². The smallest absolute Gasteiger partial charge is 0.331 e. The molecular formula is C25H24N6O4S. The topological polar surface area (TPSA) is 135 Å². The van der Waals surface area contributed by atoms with Crippen molar-refractivity contribution in [2.24, 2.45) is 5.73 Å². The Morgan fingerprint density at radius 1 is 1.25 bits per heavy atom. The summed E-state index contributed by atoms with van der Waals surface area (Å²) in [5.74, 6) is 1.11. The SMILES string of the molecule is Cc1cc(Oc2ccccc2)ncc1N1C(=O)Nc2c(C(O)N[C@@H]3COC[C@@H]3N)sc3nccc1c23. The van der Waals surface area contributed by atoms with Crippen molar-refractivity contribution >= 4 is 44.6 Å². The molecule has 36 heavy (non-hydrogen) atoms. The molecule has 4 aromatic rings. The number of ether oxygens (including phenoxy) is 2. The van der Waals surface area contributed by atoms with Crippen LogP contribution in [0.15, 0.2) is 54.9 Å². The Balaban J connectivity index is 1.35. The van der Waals surface area contributed by atoms with Gasteiger partial charge < -0.3 is 25.6 Å². The lowest BCUT2D eigenvalue weighted by Gasteiger charge is -2.30. The van der Waals surface area contributed by atoms with Crippen molar-refractivity contribution in [1.29, 1.82) is 0 Å². The summed E-state index contributed by atoms with van der Waals surface area (Å²) in [4.78, 5) is 25.2. The number of amides is 2. The molecule has 1 unspecified atom stereocenters. The summed E-state index contributed by atoms with van der Waals surface area (Å²) in [5, 5.41) is 17.8. The molecule has 0 saturated carbocycles. The molecule has 0 radical (unpaired) electrons. The van der Waals surface area contributed by atoms with Crippen molar-refractivity contribution < 1.29 is 19.4 Å². The monoisotopic (exact) mass is 504 g/mol. The number of carbonyl (C=O) groups is 1. The van der Waals surface area contributed by atoms with Gasteiger partial charge in [0.2, 0.25) is 5.88 Å². The van der Waals surface area contributed by atoms with E-state index in [0.717, 1.165) is 10.9 Å². The zero-order chi connectivity index (χ0) is 24.8. The number of urea groups is 1. The number of nitrogens with zero attached hydrogens (tertiary/aromatic N) is 3. The van der Waals surface area contributed by atoms with Crippen LogP contribution in [0.25, 0.3) is 10.2 Å². The first-order valence-corrected chi connectivity index (χ1v) is 12.3. The maximum atomic E-state index is 13.4. The number of nitrogens with one attached hydrogen (secondary N) is 2. The van der Waals surface area contributed by atoms with Crippen LogP contribution >= 0.6 is 11.3 Å². The third kappa shape index (κ3) is 3.96. The Kier molecular flexibility index (Phi) is 5.78. The summed E-state index contributed by atoms with van der Waals surface area (Å²) in [6.45, 7) is 2.75. The third-order valence-corrected chi connectivity index (χ3v) is 7.43. The Hall–Kier alpha value is -3.61. The van der Waals surface area contributed by atoms with Crippen LogP contribution in [0.1, 0.15) is 16.7 Å². The zero-order valence-electron chi connectivity index (χ0n) is 19.3. The van der Waals surface area contributed by atoms with E-state index in [1.165, 1.54) is 11.3 Å². The van der Waals surface area contributed by atoms with Gasteiger partial charge >= 0.3 is 6.03 Å². The molecule has 2 aliphatic heterocycles. The molecule has 1 saturated heterocycles. The average Bonchev–Trinajstić information content (AvgIpc) is 3.45. The van der Waals surface area contributed by atoms with Gasteiger partial charge in [-0.1, -0.05) is 18.2 Å². The lowest BCUT2D eigenvalue weighted by atomic mass is 10.1. The lowest BCUT2D eigenvalue weighted by molar-refractivity contribution is 0.117. The number of aliphatic hydroxyl groups excluding tert-OH is 1. The highest BCUT2D eigenvalue weighted by molar-refractivity contribution is 7.19. The molecule has 2 aliphatic rings. The molecule has 6 rings (SSSR count). The second-order valence-corrected chi connectivity index (χ2v) is 9.75. The Bertz CT molecular complexity index is 1450. The van der Waals surface area contributed by atoms with Crippen LogP contribution in [0.2, 0.25) is 0 Å². The molecule has 184 valence electrons. The minimum absolute atomic E-state index is 0.189. The van der Waals surface area contributed by atoms with E-state index in [4.69, 9.17) is 15.2 Å². The number of carbonyl (C=O) groups excluding carboxylic acids is 1. The molecule has 11 heteroatoms. The van der Waals surface area contributed by atoms with Crippen molar-refractivity contribution in [2.45, 2.75) is 25.2 Å². The maximum Gasteiger partial charge on any atom is 0.331 e. The van der Waals surface area contributed by atoms with Gasteiger partial charge in [-0.15, -0.1) is 11.3 Å². The van der Waals surface area contributed by atoms with E-state index in [-0.39, 0.29) is 18.1 Å². The highest BCUT2D eigenvalue weighted by Gasteiger charge is 2.35. The number of aryl methyl sites for hydroxylation is 1. The maximum absolute atomic E-state index is 13.4. The molecular weight excluding hydrogens is 480 g/mol. The van der Waals surface area contributed by atoms with Crippen LogP contribution in [-0.2, 0) is 4.74 Å². The molecule has 3 aromatic heterocycles. The number of pyridine rings is 2. The van der Waals surface area contributed by atoms with Crippen LogP contribution < -0.4 is 26.0 Å². The molecule has 0 bridgehead atoms. The van der Waals surface area contributed by atoms with E-state index in [9.17, 15) is 9.90 Å². The number of aliphatic hydroxyl groups is 1. The van der Waals surface area contributed by atoms with Crippen LogP contribution in [0.3, 0.4) is 0 Å². The fourth-order valence-corrected chi connectivity index (χ4v) is 5.55. The van der Waals surface area contributed by atoms with Crippen molar-refractivity contribution in [3.8, 4) is 11.6 Å². The van der Waals surface area contributed by atoms with Gasteiger partial charge in [0.05, 0.1) is 52.8 Å².